The Kier molecular flexibility index (Phi) is 12.4. The third kappa shape index (κ3) is 9.41. The van der Waals surface area contributed by atoms with Crippen molar-refractivity contribution in [2.45, 2.75) is 39.2 Å². The number of nitrogens with zero attached hydrogens (tertiary/aromatic N) is 2. The van der Waals surface area contributed by atoms with Crippen LogP contribution in [0, 0.1) is 5.92 Å². The van der Waals surface area contributed by atoms with Gasteiger partial charge in [-0.15, -0.1) is 0 Å². The number of carbonyl (C=O) groups is 5. The van der Waals surface area contributed by atoms with E-state index in [9.17, 15) is 24.0 Å². The van der Waals surface area contributed by atoms with Gasteiger partial charge in [-0.2, -0.15) is 0 Å². The van der Waals surface area contributed by atoms with Gasteiger partial charge in [-0.1, -0.05) is 30.1 Å². The van der Waals surface area contributed by atoms with Gasteiger partial charge in [0.1, 0.15) is 0 Å². The first-order valence-corrected chi connectivity index (χ1v) is 14.9. The zero-order valence-electron chi connectivity index (χ0n) is 24.8. The van der Waals surface area contributed by atoms with Gasteiger partial charge in [0, 0.05) is 37.1 Å². The molecule has 0 spiro atoms. The van der Waals surface area contributed by atoms with Crippen molar-refractivity contribution in [3.63, 3.8) is 0 Å². The smallest absolute Gasteiger partial charge is 0.255 e. The number of rotatable bonds is 11. The summed E-state index contributed by atoms with van der Waals surface area (Å²) in [5.41, 5.74) is 1.30. The van der Waals surface area contributed by atoms with Crippen LogP contribution in [0.15, 0.2) is 36.4 Å². The topological polar surface area (TPSA) is 140 Å². The number of piperidine rings is 1. The van der Waals surface area contributed by atoms with Gasteiger partial charge in [-0.3, -0.25) is 28.9 Å². The normalized spacial score (nSPS) is 14.4. The molecule has 43 heavy (non-hydrogen) atoms. The molecule has 232 valence electrons. The van der Waals surface area contributed by atoms with E-state index in [-0.39, 0.29) is 41.7 Å². The molecule has 1 heterocycles. The lowest BCUT2D eigenvalue weighted by Gasteiger charge is -2.34. The summed E-state index contributed by atoms with van der Waals surface area (Å²) < 4.78 is 0. The number of nitrogens with one attached hydrogen (secondary N) is 4. The highest BCUT2D eigenvalue weighted by atomic mass is 35.5. The highest BCUT2D eigenvalue weighted by Gasteiger charge is 2.30. The maximum atomic E-state index is 13.0. The van der Waals surface area contributed by atoms with Gasteiger partial charge >= 0.3 is 0 Å². The van der Waals surface area contributed by atoms with Crippen LogP contribution in [0.3, 0.4) is 0 Å². The molecule has 0 aromatic heterocycles. The van der Waals surface area contributed by atoms with E-state index in [0.29, 0.717) is 59.5 Å². The highest BCUT2D eigenvalue weighted by Crippen LogP contribution is 2.25. The van der Waals surface area contributed by atoms with E-state index in [1.165, 1.54) is 11.0 Å². The van der Waals surface area contributed by atoms with Gasteiger partial charge in [0.25, 0.3) is 11.8 Å². The van der Waals surface area contributed by atoms with E-state index in [0.717, 1.165) is 6.42 Å². The predicted octanol–water partition coefficient (Wildman–Crippen LogP) is 3.63. The van der Waals surface area contributed by atoms with Crippen LogP contribution < -0.4 is 21.3 Å². The third-order valence-corrected chi connectivity index (χ3v) is 7.73. The Morgan fingerprint density at radius 1 is 0.953 bits per heavy atom. The van der Waals surface area contributed by atoms with Gasteiger partial charge in [0.05, 0.1) is 34.5 Å². The summed E-state index contributed by atoms with van der Waals surface area (Å²) >= 11 is 12.3. The summed E-state index contributed by atoms with van der Waals surface area (Å²) in [5.74, 6) is -1.87. The number of halogens is 2. The van der Waals surface area contributed by atoms with Crippen LogP contribution in [-0.4, -0.2) is 85.7 Å². The Morgan fingerprint density at radius 3 is 2.30 bits per heavy atom. The summed E-state index contributed by atoms with van der Waals surface area (Å²) in [6, 6.07) is 8.82. The Morgan fingerprint density at radius 2 is 1.65 bits per heavy atom. The van der Waals surface area contributed by atoms with E-state index in [2.05, 4.69) is 21.3 Å². The molecule has 0 aliphatic carbocycles. The van der Waals surface area contributed by atoms with Gasteiger partial charge < -0.3 is 26.2 Å². The highest BCUT2D eigenvalue weighted by molar-refractivity contribution is 6.34. The number of amides is 5. The molecule has 13 heteroatoms. The number of hydrogen-bond acceptors (Lipinski definition) is 6. The molecule has 1 aliphatic rings. The summed E-state index contributed by atoms with van der Waals surface area (Å²) in [5, 5.41) is 11.6. The summed E-state index contributed by atoms with van der Waals surface area (Å²) in [4.78, 5) is 66.5. The van der Waals surface area contributed by atoms with Gasteiger partial charge in [-0.05, 0) is 75.7 Å². The Balaban J connectivity index is 1.48. The quantitative estimate of drug-likeness (QED) is 0.298. The average Bonchev–Trinajstić information content (AvgIpc) is 2.99. The summed E-state index contributed by atoms with van der Waals surface area (Å²) in [7, 11) is 3.19. The third-order valence-electron chi connectivity index (χ3n) is 7.16. The monoisotopic (exact) mass is 632 g/mol. The SMILES string of the molecule is CCCNC(=O)c1ccc(Cl)c(NC(=O)C(C)N2CCC(C(=O)NCC(=O)Nc3ccc(Cl)cc3C(=O)N(C)C)CC2)c1. The molecule has 4 N–H and O–H groups in total. The molecule has 1 fully saturated rings. The van der Waals surface area contributed by atoms with Gasteiger partial charge in [0.15, 0.2) is 0 Å². The van der Waals surface area contributed by atoms with Crippen molar-refractivity contribution >= 4 is 64.1 Å². The van der Waals surface area contributed by atoms with Gasteiger partial charge in [-0.25, -0.2) is 0 Å². The van der Waals surface area contributed by atoms with Crippen molar-refractivity contribution in [2.75, 3.05) is 50.9 Å². The van der Waals surface area contributed by atoms with Crippen molar-refractivity contribution in [3.8, 4) is 0 Å². The molecule has 11 nitrogen and oxygen atoms in total. The lowest BCUT2D eigenvalue weighted by Crippen LogP contribution is -2.48. The molecule has 0 bridgehead atoms. The van der Waals surface area contributed by atoms with Crippen LogP contribution in [0.2, 0.25) is 10.0 Å². The van der Waals surface area contributed by atoms with Crippen molar-refractivity contribution in [3.05, 3.63) is 57.6 Å². The number of anilines is 2. The zero-order valence-corrected chi connectivity index (χ0v) is 26.3. The molecule has 0 saturated carbocycles. The van der Waals surface area contributed by atoms with Crippen molar-refractivity contribution in [1.29, 1.82) is 0 Å². The van der Waals surface area contributed by atoms with Crippen LogP contribution in [0.5, 0.6) is 0 Å². The lowest BCUT2D eigenvalue weighted by molar-refractivity contribution is -0.129. The minimum Gasteiger partial charge on any atom is -0.352 e. The fourth-order valence-electron chi connectivity index (χ4n) is 4.60. The van der Waals surface area contributed by atoms with E-state index in [1.54, 1.807) is 51.4 Å². The predicted molar refractivity (Wildman–Crippen MR) is 168 cm³/mol. The fraction of sp³-hybridized carbons (Fsp3) is 0.433. The first-order chi connectivity index (χ1) is 20.4. The molecule has 2 aromatic rings. The standard InChI is InChI=1S/C30H38Cl2N6O5/c1-5-12-33-29(42)20-6-8-23(32)25(15-20)36-27(40)18(2)38-13-10-19(11-14-38)28(41)34-17-26(39)35-24-9-7-21(31)16-22(24)30(43)37(3)4/h6-9,15-16,18-19H,5,10-14,17H2,1-4H3,(H,33,42)(H,34,41)(H,35,39)(H,36,40). The van der Waals surface area contributed by atoms with Crippen LogP contribution >= 0.6 is 23.2 Å². The minimum absolute atomic E-state index is 0.242. The van der Waals surface area contributed by atoms with Crippen molar-refractivity contribution in [2.24, 2.45) is 5.92 Å². The lowest BCUT2D eigenvalue weighted by atomic mass is 9.95. The van der Waals surface area contributed by atoms with E-state index in [1.807, 2.05) is 11.8 Å². The van der Waals surface area contributed by atoms with Gasteiger partial charge in [0.2, 0.25) is 17.7 Å². The van der Waals surface area contributed by atoms with Crippen LogP contribution in [0.25, 0.3) is 0 Å². The molecule has 1 unspecified atom stereocenters. The Labute approximate surface area is 261 Å². The van der Waals surface area contributed by atoms with Crippen molar-refractivity contribution in [1.82, 2.24) is 20.4 Å². The second kappa shape index (κ2) is 15.7. The minimum atomic E-state index is -0.498. The molecule has 1 atom stereocenters. The molecule has 5 amide bonds. The number of hydrogen-bond donors (Lipinski definition) is 4. The van der Waals surface area contributed by atoms with E-state index < -0.39 is 11.9 Å². The molecular formula is C30H38Cl2N6O5. The largest absolute Gasteiger partial charge is 0.352 e. The molecule has 3 rings (SSSR count). The number of benzene rings is 2. The Bertz CT molecular complexity index is 1360. The first kappa shape index (κ1) is 33.8. The van der Waals surface area contributed by atoms with E-state index in [4.69, 9.17) is 23.2 Å². The number of carbonyl (C=O) groups excluding carboxylic acids is 5. The average molecular weight is 634 g/mol. The molecule has 0 radical (unpaired) electrons. The Hall–Kier alpha value is -3.67. The molecule has 2 aromatic carbocycles. The summed E-state index contributed by atoms with van der Waals surface area (Å²) in [6.45, 7) is 5.04. The van der Waals surface area contributed by atoms with Crippen LogP contribution in [0.4, 0.5) is 11.4 Å². The zero-order chi connectivity index (χ0) is 31.7. The molecular weight excluding hydrogens is 595 g/mol. The van der Waals surface area contributed by atoms with Crippen molar-refractivity contribution < 1.29 is 24.0 Å². The van der Waals surface area contributed by atoms with E-state index >= 15 is 0 Å². The molecule has 1 aliphatic heterocycles. The second-order valence-corrected chi connectivity index (χ2v) is 11.4. The maximum Gasteiger partial charge on any atom is 0.255 e. The fourth-order valence-corrected chi connectivity index (χ4v) is 4.94. The van der Waals surface area contributed by atoms with Crippen LogP contribution in [-0.2, 0) is 14.4 Å². The second-order valence-electron chi connectivity index (χ2n) is 10.6. The first-order valence-electron chi connectivity index (χ1n) is 14.1. The summed E-state index contributed by atoms with van der Waals surface area (Å²) in [6.07, 6.45) is 1.83. The maximum absolute atomic E-state index is 13.0. The van der Waals surface area contributed by atoms with Crippen LogP contribution in [0.1, 0.15) is 53.8 Å². The molecule has 1 saturated heterocycles. The number of likely N-dealkylation sites (tertiary alicyclic amines) is 1.